The van der Waals surface area contributed by atoms with Crippen molar-refractivity contribution in [3.63, 3.8) is 0 Å². The number of nitrogens with one attached hydrogen (secondary N) is 2. The van der Waals surface area contributed by atoms with Gasteiger partial charge in [0, 0.05) is 24.4 Å². The van der Waals surface area contributed by atoms with Gasteiger partial charge in [-0.3, -0.25) is 4.79 Å². The van der Waals surface area contributed by atoms with Gasteiger partial charge in [-0.1, -0.05) is 0 Å². The minimum Gasteiger partial charge on any atom is -0.323 e. The van der Waals surface area contributed by atoms with Crippen LogP contribution in [-0.4, -0.2) is 38.2 Å². The van der Waals surface area contributed by atoms with Crippen LogP contribution in [0.3, 0.4) is 0 Å². The molecule has 7 nitrogen and oxygen atoms in total. The number of anilines is 1. The van der Waals surface area contributed by atoms with E-state index in [1.807, 2.05) is 0 Å². The maximum Gasteiger partial charge on any atom is 0.250 e. The van der Waals surface area contributed by atoms with Gasteiger partial charge >= 0.3 is 0 Å². The second kappa shape index (κ2) is 6.01. The topological polar surface area (TPSA) is 84.7 Å². The maximum atomic E-state index is 12.3. The van der Waals surface area contributed by atoms with E-state index in [0.717, 1.165) is 19.4 Å². The monoisotopic (exact) mass is 286 g/mol. The fraction of sp³-hybridized carbons (Fsp3) is 0.429. The van der Waals surface area contributed by atoms with Gasteiger partial charge in [-0.25, -0.2) is 14.6 Å². The van der Waals surface area contributed by atoms with Crippen LogP contribution in [0.15, 0.2) is 30.9 Å². The Balaban J connectivity index is 1.66. The van der Waals surface area contributed by atoms with Crippen molar-refractivity contribution in [1.82, 2.24) is 25.1 Å². The van der Waals surface area contributed by atoms with Crippen molar-refractivity contribution >= 4 is 11.6 Å². The standard InChI is InChI=1S/C14H18N6O/c1-10-7-11(3-6-15-10)13(21)19-12-8-18-20(9-12)14-16-4-2-5-17-14/h2,4-5,8-11,15H,3,6-7H2,1H3,(H,19,21)/t10-,11-/m0/s1. The predicted octanol–water partition coefficient (Wildman–Crippen LogP) is 0.989. The summed E-state index contributed by atoms with van der Waals surface area (Å²) >= 11 is 0. The molecule has 1 amide bonds. The van der Waals surface area contributed by atoms with Crippen LogP contribution in [0.25, 0.3) is 5.95 Å². The van der Waals surface area contributed by atoms with Crippen molar-refractivity contribution in [3.05, 3.63) is 30.9 Å². The van der Waals surface area contributed by atoms with Crippen molar-refractivity contribution in [1.29, 1.82) is 0 Å². The van der Waals surface area contributed by atoms with E-state index in [4.69, 9.17) is 0 Å². The van der Waals surface area contributed by atoms with Crippen LogP contribution >= 0.6 is 0 Å². The predicted molar refractivity (Wildman–Crippen MR) is 78.0 cm³/mol. The first-order valence-corrected chi connectivity index (χ1v) is 7.08. The molecule has 0 radical (unpaired) electrons. The average molecular weight is 286 g/mol. The normalized spacial score (nSPS) is 22.0. The molecule has 0 bridgehead atoms. The summed E-state index contributed by atoms with van der Waals surface area (Å²) in [5.74, 6) is 0.586. The zero-order valence-corrected chi connectivity index (χ0v) is 11.9. The van der Waals surface area contributed by atoms with Crippen LogP contribution < -0.4 is 10.6 Å². The third-order valence-corrected chi connectivity index (χ3v) is 3.60. The molecule has 7 heteroatoms. The fourth-order valence-corrected chi connectivity index (χ4v) is 2.52. The maximum absolute atomic E-state index is 12.3. The number of rotatable bonds is 3. The minimum atomic E-state index is 0.0527. The van der Waals surface area contributed by atoms with Crippen LogP contribution in [0.4, 0.5) is 5.69 Å². The van der Waals surface area contributed by atoms with Crippen molar-refractivity contribution in [2.75, 3.05) is 11.9 Å². The molecule has 1 aliphatic heterocycles. The molecule has 110 valence electrons. The number of piperidine rings is 1. The summed E-state index contributed by atoms with van der Waals surface area (Å²) in [7, 11) is 0. The van der Waals surface area contributed by atoms with Gasteiger partial charge in [-0.2, -0.15) is 5.10 Å². The lowest BCUT2D eigenvalue weighted by molar-refractivity contribution is -0.120. The first-order valence-electron chi connectivity index (χ1n) is 7.08. The van der Waals surface area contributed by atoms with E-state index in [-0.39, 0.29) is 11.8 Å². The number of carbonyl (C=O) groups is 1. The van der Waals surface area contributed by atoms with E-state index >= 15 is 0 Å². The summed E-state index contributed by atoms with van der Waals surface area (Å²) in [4.78, 5) is 20.5. The molecule has 3 rings (SSSR count). The zero-order valence-electron chi connectivity index (χ0n) is 11.9. The molecule has 0 aliphatic carbocycles. The Hall–Kier alpha value is -2.28. The lowest BCUT2D eigenvalue weighted by Crippen LogP contribution is -2.40. The largest absolute Gasteiger partial charge is 0.323 e. The highest BCUT2D eigenvalue weighted by molar-refractivity contribution is 5.92. The molecule has 2 atom stereocenters. The van der Waals surface area contributed by atoms with Crippen molar-refractivity contribution < 1.29 is 4.79 Å². The number of amides is 1. The molecule has 0 saturated carbocycles. The van der Waals surface area contributed by atoms with Gasteiger partial charge in [0.1, 0.15) is 0 Å². The fourth-order valence-electron chi connectivity index (χ4n) is 2.52. The second-order valence-electron chi connectivity index (χ2n) is 5.29. The number of carbonyl (C=O) groups excluding carboxylic acids is 1. The summed E-state index contributed by atoms with van der Waals surface area (Å²) in [6, 6.07) is 2.13. The van der Waals surface area contributed by atoms with Gasteiger partial charge in [0.05, 0.1) is 18.1 Å². The van der Waals surface area contributed by atoms with Gasteiger partial charge in [-0.05, 0) is 32.4 Å². The molecule has 2 aromatic rings. The lowest BCUT2D eigenvalue weighted by Gasteiger charge is -2.26. The molecule has 0 unspecified atom stereocenters. The van der Waals surface area contributed by atoms with Gasteiger partial charge < -0.3 is 10.6 Å². The van der Waals surface area contributed by atoms with Crippen molar-refractivity contribution in [2.24, 2.45) is 5.92 Å². The molecule has 1 aliphatic rings. The Morgan fingerprint density at radius 2 is 2.24 bits per heavy atom. The van der Waals surface area contributed by atoms with Crippen LogP contribution in [0, 0.1) is 5.92 Å². The quantitative estimate of drug-likeness (QED) is 0.879. The van der Waals surface area contributed by atoms with Crippen LogP contribution in [0.1, 0.15) is 19.8 Å². The van der Waals surface area contributed by atoms with E-state index < -0.39 is 0 Å². The Morgan fingerprint density at radius 3 is 3.00 bits per heavy atom. The molecule has 21 heavy (non-hydrogen) atoms. The highest BCUT2D eigenvalue weighted by Crippen LogP contribution is 2.18. The number of hydrogen-bond acceptors (Lipinski definition) is 5. The molecule has 3 heterocycles. The molecular weight excluding hydrogens is 268 g/mol. The molecule has 1 fully saturated rings. The van der Waals surface area contributed by atoms with E-state index in [9.17, 15) is 4.79 Å². The Morgan fingerprint density at radius 1 is 1.43 bits per heavy atom. The second-order valence-corrected chi connectivity index (χ2v) is 5.29. The number of nitrogens with zero attached hydrogens (tertiary/aromatic N) is 4. The molecule has 2 aromatic heterocycles. The highest BCUT2D eigenvalue weighted by atomic mass is 16.1. The van der Waals surface area contributed by atoms with Crippen molar-refractivity contribution in [2.45, 2.75) is 25.8 Å². The first kappa shape index (κ1) is 13.7. The van der Waals surface area contributed by atoms with Crippen LogP contribution in [-0.2, 0) is 4.79 Å². The minimum absolute atomic E-state index is 0.0527. The Bertz CT molecular complexity index is 611. The molecule has 0 aromatic carbocycles. The zero-order chi connectivity index (χ0) is 14.7. The van der Waals surface area contributed by atoms with Gasteiger partial charge in [-0.15, -0.1) is 0 Å². The molecular formula is C14H18N6O. The van der Waals surface area contributed by atoms with Crippen LogP contribution in [0.5, 0.6) is 0 Å². The highest BCUT2D eigenvalue weighted by Gasteiger charge is 2.24. The Kier molecular flexibility index (Phi) is 3.92. The number of aromatic nitrogens is 4. The number of hydrogen-bond donors (Lipinski definition) is 2. The smallest absolute Gasteiger partial charge is 0.250 e. The van der Waals surface area contributed by atoms with Gasteiger partial charge in [0.2, 0.25) is 11.9 Å². The summed E-state index contributed by atoms with van der Waals surface area (Å²) < 4.78 is 1.54. The molecule has 1 saturated heterocycles. The van der Waals surface area contributed by atoms with Gasteiger partial charge in [0.15, 0.2) is 0 Å². The average Bonchev–Trinajstić information content (AvgIpc) is 2.97. The third-order valence-electron chi connectivity index (χ3n) is 3.60. The van der Waals surface area contributed by atoms with Gasteiger partial charge in [0.25, 0.3) is 0 Å². The summed E-state index contributed by atoms with van der Waals surface area (Å²) in [5.41, 5.74) is 0.665. The molecule has 2 N–H and O–H groups in total. The third kappa shape index (κ3) is 3.25. The van der Waals surface area contributed by atoms with Crippen LogP contribution in [0.2, 0.25) is 0 Å². The first-order chi connectivity index (χ1) is 10.2. The van der Waals surface area contributed by atoms with E-state index in [1.54, 1.807) is 35.5 Å². The SMILES string of the molecule is C[C@H]1C[C@@H](C(=O)Nc2cnn(-c3ncccn3)c2)CCN1. The van der Waals surface area contributed by atoms with E-state index in [0.29, 0.717) is 17.7 Å². The summed E-state index contributed by atoms with van der Waals surface area (Å²) in [5, 5.41) is 10.4. The summed E-state index contributed by atoms with van der Waals surface area (Å²) in [6.07, 6.45) is 8.36. The lowest BCUT2D eigenvalue weighted by atomic mass is 9.92. The molecule has 0 spiro atoms. The van der Waals surface area contributed by atoms with Crippen molar-refractivity contribution in [3.8, 4) is 5.95 Å². The summed E-state index contributed by atoms with van der Waals surface area (Å²) in [6.45, 7) is 2.99. The van der Waals surface area contributed by atoms with E-state index in [1.165, 1.54) is 0 Å². The Labute approximate surface area is 122 Å². The van der Waals surface area contributed by atoms with E-state index in [2.05, 4.69) is 32.6 Å².